The molecule has 0 aliphatic carbocycles. The van der Waals surface area contributed by atoms with E-state index in [1.54, 1.807) is 0 Å². The second-order valence-corrected chi connectivity index (χ2v) is 8.14. The van der Waals surface area contributed by atoms with Gasteiger partial charge in [0.15, 0.2) is 0 Å². The van der Waals surface area contributed by atoms with E-state index < -0.39 is 11.0 Å². The summed E-state index contributed by atoms with van der Waals surface area (Å²) in [7, 11) is -1.15. The van der Waals surface area contributed by atoms with Gasteiger partial charge < -0.3 is 0 Å². The normalized spacial score (nSPS) is 15.2. The van der Waals surface area contributed by atoms with Crippen molar-refractivity contribution in [1.29, 1.82) is 0 Å². The van der Waals surface area contributed by atoms with Gasteiger partial charge in [0.1, 0.15) is 5.15 Å². The van der Waals surface area contributed by atoms with Gasteiger partial charge in [0, 0.05) is 17.0 Å². The van der Waals surface area contributed by atoms with Crippen molar-refractivity contribution < 1.29 is 4.21 Å². The lowest BCUT2D eigenvalue weighted by Crippen LogP contribution is -2.34. The monoisotopic (exact) mass is 310 g/mol. The number of fused-ring (bicyclic) bond motifs is 1. The Morgan fingerprint density at radius 3 is 2.60 bits per heavy atom. The van der Waals surface area contributed by atoms with E-state index in [1.807, 2.05) is 58.0 Å². The summed E-state index contributed by atoms with van der Waals surface area (Å²) in [5.74, 6) is 0. The van der Waals surface area contributed by atoms with Crippen molar-refractivity contribution in [2.24, 2.45) is 0 Å². The first kappa shape index (κ1) is 15.4. The topological polar surface area (TPSA) is 42.0 Å². The Kier molecular flexibility index (Phi) is 4.47. The lowest BCUT2D eigenvalue weighted by molar-refractivity contribution is 0.616. The molecule has 0 spiro atoms. The summed E-state index contributed by atoms with van der Waals surface area (Å²) in [4.78, 5) is 4.39. The van der Waals surface area contributed by atoms with Crippen LogP contribution < -0.4 is 4.72 Å². The molecule has 3 nitrogen and oxygen atoms in total. The highest BCUT2D eigenvalue weighted by Crippen LogP contribution is 2.26. The molecule has 0 aliphatic rings. The summed E-state index contributed by atoms with van der Waals surface area (Å²) < 4.78 is 14.9. The molecule has 0 radical (unpaired) electrons. The summed E-state index contributed by atoms with van der Waals surface area (Å²) >= 11 is 6.25. The van der Waals surface area contributed by atoms with Crippen LogP contribution >= 0.6 is 11.6 Å². The van der Waals surface area contributed by atoms with Crippen LogP contribution in [0, 0.1) is 0 Å². The second kappa shape index (κ2) is 5.80. The number of rotatable bonds is 3. The highest BCUT2D eigenvalue weighted by atomic mass is 35.5. The summed E-state index contributed by atoms with van der Waals surface area (Å²) in [5, 5.41) is 1.48. The van der Waals surface area contributed by atoms with E-state index in [-0.39, 0.29) is 10.8 Å². The highest BCUT2D eigenvalue weighted by molar-refractivity contribution is 7.84. The summed E-state index contributed by atoms with van der Waals surface area (Å²) in [6.45, 7) is 7.75. The van der Waals surface area contributed by atoms with Crippen LogP contribution in [0.1, 0.15) is 39.3 Å². The number of para-hydroxylation sites is 1. The molecule has 0 aliphatic heterocycles. The minimum atomic E-state index is -1.15. The van der Waals surface area contributed by atoms with Gasteiger partial charge in [-0.2, -0.15) is 0 Å². The molecule has 2 rings (SSSR count). The van der Waals surface area contributed by atoms with Gasteiger partial charge in [0.2, 0.25) is 0 Å². The molecule has 0 saturated heterocycles. The molecule has 1 N–H and O–H groups in total. The number of pyridine rings is 1. The lowest BCUT2D eigenvalue weighted by atomic mass is 10.1. The van der Waals surface area contributed by atoms with Crippen molar-refractivity contribution in [2.45, 2.75) is 38.5 Å². The van der Waals surface area contributed by atoms with Crippen molar-refractivity contribution >= 4 is 33.5 Å². The van der Waals surface area contributed by atoms with Crippen LogP contribution in [0.3, 0.4) is 0 Å². The van der Waals surface area contributed by atoms with Gasteiger partial charge in [-0.15, -0.1) is 0 Å². The molecule has 0 fully saturated rings. The molecule has 0 saturated carbocycles. The van der Waals surface area contributed by atoms with Crippen LogP contribution in [-0.4, -0.2) is 13.9 Å². The molecule has 5 heteroatoms. The maximum atomic E-state index is 12.2. The van der Waals surface area contributed by atoms with E-state index in [1.165, 1.54) is 0 Å². The van der Waals surface area contributed by atoms with Gasteiger partial charge in [-0.05, 0) is 39.8 Å². The van der Waals surface area contributed by atoms with Crippen LogP contribution in [0.5, 0.6) is 0 Å². The predicted octanol–water partition coefficient (Wildman–Crippen LogP) is 4.00. The molecule has 2 aromatic rings. The maximum absolute atomic E-state index is 12.2. The quantitative estimate of drug-likeness (QED) is 0.871. The minimum absolute atomic E-state index is 0.125. The molecule has 2 unspecified atom stereocenters. The third-order valence-electron chi connectivity index (χ3n) is 3.01. The Morgan fingerprint density at radius 2 is 1.95 bits per heavy atom. The van der Waals surface area contributed by atoms with Crippen molar-refractivity contribution in [3.8, 4) is 0 Å². The molecular formula is C15H19ClN2OS. The maximum Gasteiger partial charge on any atom is 0.134 e. The van der Waals surface area contributed by atoms with Gasteiger partial charge in [-0.3, -0.25) is 0 Å². The van der Waals surface area contributed by atoms with Gasteiger partial charge >= 0.3 is 0 Å². The van der Waals surface area contributed by atoms with E-state index in [9.17, 15) is 4.21 Å². The first-order valence-corrected chi connectivity index (χ1v) is 8.05. The number of aromatic nitrogens is 1. The summed E-state index contributed by atoms with van der Waals surface area (Å²) in [6, 6.07) is 9.70. The van der Waals surface area contributed by atoms with E-state index in [0.717, 1.165) is 16.5 Å². The SMILES string of the molecule is CC(NS(=O)C(C)(C)C)c1cc2ccccc2nc1Cl. The zero-order valence-corrected chi connectivity index (χ0v) is 13.7. The summed E-state index contributed by atoms with van der Waals surface area (Å²) in [6.07, 6.45) is 0. The fourth-order valence-corrected chi connectivity index (χ4v) is 2.92. The summed E-state index contributed by atoms with van der Waals surface area (Å²) in [5.41, 5.74) is 1.73. The smallest absolute Gasteiger partial charge is 0.134 e. The Bertz CT molecular complexity index is 652. The van der Waals surface area contributed by atoms with Gasteiger partial charge in [-0.1, -0.05) is 29.8 Å². The van der Waals surface area contributed by atoms with E-state index >= 15 is 0 Å². The van der Waals surface area contributed by atoms with Crippen molar-refractivity contribution in [3.05, 3.63) is 41.0 Å². The third kappa shape index (κ3) is 3.37. The predicted molar refractivity (Wildman–Crippen MR) is 86.2 cm³/mol. The van der Waals surface area contributed by atoms with E-state index in [0.29, 0.717) is 5.15 Å². The highest BCUT2D eigenvalue weighted by Gasteiger charge is 2.23. The van der Waals surface area contributed by atoms with Crippen LogP contribution in [0.15, 0.2) is 30.3 Å². The number of nitrogens with zero attached hydrogens (tertiary/aromatic N) is 1. The van der Waals surface area contributed by atoms with Gasteiger partial charge in [-0.25, -0.2) is 13.9 Å². The second-order valence-electron chi connectivity index (χ2n) is 5.78. The average Bonchev–Trinajstić information content (AvgIpc) is 2.36. The minimum Gasteiger partial charge on any atom is -0.242 e. The molecule has 20 heavy (non-hydrogen) atoms. The molecule has 1 aromatic heterocycles. The zero-order valence-electron chi connectivity index (χ0n) is 12.1. The number of benzene rings is 1. The molecule has 1 heterocycles. The molecule has 108 valence electrons. The van der Waals surface area contributed by atoms with Crippen LogP contribution in [0.4, 0.5) is 0 Å². The first-order valence-electron chi connectivity index (χ1n) is 6.52. The number of halogens is 1. The third-order valence-corrected chi connectivity index (χ3v) is 4.99. The van der Waals surface area contributed by atoms with Crippen molar-refractivity contribution in [2.75, 3.05) is 0 Å². The standard InChI is InChI=1S/C15H19ClN2OS/c1-10(18-20(19)15(2,3)4)12-9-11-7-5-6-8-13(11)17-14(12)16/h5-10,18H,1-4H3. The average molecular weight is 311 g/mol. The van der Waals surface area contributed by atoms with E-state index in [4.69, 9.17) is 11.6 Å². The van der Waals surface area contributed by atoms with Gasteiger partial charge in [0.25, 0.3) is 0 Å². The Labute approximate surface area is 127 Å². The number of hydrogen-bond acceptors (Lipinski definition) is 2. The molecule has 1 aromatic carbocycles. The fraction of sp³-hybridized carbons (Fsp3) is 0.400. The zero-order chi connectivity index (χ0) is 14.9. The van der Waals surface area contributed by atoms with Gasteiger partial charge in [0.05, 0.1) is 21.2 Å². The van der Waals surface area contributed by atoms with Crippen molar-refractivity contribution in [1.82, 2.24) is 9.71 Å². The number of nitrogens with one attached hydrogen (secondary N) is 1. The lowest BCUT2D eigenvalue weighted by Gasteiger charge is -2.22. The van der Waals surface area contributed by atoms with Crippen molar-refractivity contribution in [3.63, 3.8) is 0 Å². The van der Waals surface area contributed by atoms with E-state index in [2.05, 4.69) is 9.71 Å². The molecular weight excluding hydrogens is 292 g/mol. The van der Waals surface area contributed by atoms with Crippen LogP contribution in [0.2, 0.25) is 5.15 Å². The molecule has 0 bridgehead atoms. The molecule has 2 atom stereocenters. The Hall–Kier alpha value is -0.970. The molecule has 0 amide bonds. The Balaban J connectivity index is 2.32. The fourth-order valence-electron chi connectivity index (χ4n) is 1.81. The van der Waals surface area contributed by atoms with Crippen LogP contribution in [-0.2, 0) is 11.0 Å². The largest absolute Gasteiger partial charge is 0.242 e. The number of hydrogen-bond donors (Lipinski definition) is 1. The first-order chi connectivity index (χ1) is 9.29. The van der Waals surface area contributed by atoms with Crippen LogP contribution in [0.25, 0.3) is 10.9 Å². The Morgan fingerprint density at radius 1 is 1.30 bits per heavy atom.